The van der Waals surface area contributed by atoms with Gasteiger partial charge in [-0.3, -0.25) is 9.78 Å². The first-order valence-electron chi connectivity index (χ1n) is 11.5. The number of fused-ring (bicyclic) bond motifs is 1. The Bertz CT molecular complexity index is 1080. The summed E-state index contributed by atoms with van der Waals surface area (Å²) < 4.78 is 65.7. The van der Waals surface area contributed by atoms with Crippen molar-refractivity contribution in [1.82, 2.24) is 24.3 Å². The molecule has 0 bridgehead atoms. The van der Waals surface area contributed by atoms with Gasteiger partial charge in [-0.05, 0) is 31.5 Å². The number of carboxylic acid groups (broad SMARTS) is 2. The van der Waals surface area contributed by atoms with E-state index in [9.17, 15) is 31.1 Å². The first kappa shape index (κ1) is 31.5. The molecule has 1 unspecified atom stereocenters. The summed E-state index contributed by atoms with van der Waals surface area (Å²) in [5.41, 5.74) is 1.22. The van der Waals surface area contributed by atoms with Gasteiger partial charge in [-0.15, -0.1) is 0 Å². The van der Waals surface area contributed by atoms with Crippen LogP contribution in [-0.4, -0.2) is 84.9 Å². The van der Waals surface area contributed by atoms with Crippen molar-refractivity contribution < 1.29 is 50.9 Å². The minimum atomic E-state index is -5.08. The van der Waals surface area contributed by atoms with Crippen LogP contribution in [-0.2, 0) is 34.0 Å². The van der Waals surface area contributed by atoms with Crippen molar-refractivity contribution in [1.29, 1.82) is 0 Å². The van der Waals surface area contributed by atoms with E-state index < -0.39 is 24.3 Å². The molecule has 0 spiro atoms. The van der Waals surface area contributed by atoms with E-state index in [1.165, 1.54) is 5.56 Å². The summed E-state index contributed by atoms with van der Waals surface area (Å²) in [6.45, 7) is 4.20. The molecule has 2 aromatic rings. The molecule has 39 heavy (non-hydrogen) atoms. The number of amides is 1. The van der Waals surface area contributed by atoms with Crippen molar-refractivity contribution in [3.05, 3.63) is 48.3 Å². The Morgan fingerprint density at radius 1 is 1.03 bits per heavy atom. The molecule has 2 aromatic heterocycles. The summed E-state index contributed by atoms with van der Waals surface area (Å²) >= 11 is 0. The number of alkyl halides is 6. The number of carboxylic acids is 2. The molecule has 1 aliphatic carbocycles. The van der Waals surface area contributed by atoms with Crippen molar-refractivity contribution in [3.8, 4) is 0 Å². The summed E-state index contributed by atoms with van der Waals surface area (Å²) in [4.78, 5) is 43.4. The van der Waals surface area contributed by atoms with Gasteiger partial charge in [0.15, 0.2) is 0 Å². The first-order valence-corrected chi connectivity index (χ1v) is 11.5. The second kappa shape index (κ2) is 13.4. The quantitative estimate of drug-likeness (QED) is 0.528. The summed E-state index contributed by atoms with van der Waals surface area (Å²) in [5, 5.41) is 14.2. The van der Waals surface area contributed by atoms with Gasteiger partial charge in [0.1, 0.15) is 5.82 Å². The number of aromatic nitrogens is 3. The zero-order chi connectivity index (χ0) is 29.4. The molecule has 0 aromatic carbocycles. The van der Waals surface area contributed by atoms with Crippen molar-refractivity contribution in [3.63, 3.8) is 0 Å². The molecule has 1 amide bonds. The molecule has 0 saturated heterocycles. The number of hydrogen-bond donors (Lipinski definition) is 2. The lowest BCUT2D eigenvalue weighted by Crippen LogP contribution is -2.38. The van der Waals surface area contributed by atoms with Gasteiger partial charge in [-0.2, -0.15) is 26.3 Å². The minimum absolute atomic E-state index is 0.260. The Labute approximate surface area is 218 Å². The van der Waals surface area contributed by atoms with Gasteiger partial charge in [-0.1, -0.05) is 6.07 Å². The van der Waals surface area contributed by atoms with E-state index in [4.69, 9.17) is 19.8 Å². The summed E-state index contributed by atoms with van der Waals surface area (Å²) in [6, 6.07) is 4.08. The molecule has 16 heteroatoms. The number of aliphatic carboxylic acids is 2. The highest BCUT2D eigenvalue weighted by Crippen LogP contribution is 2.32. The van der Waals surface area contributed by atoms with Crippen LogP contribution < -0.4 is 0 Å². The van der Waals surface area contributed by atoms with Gasteiger partial charge >= 0.3 is 24.3 Å². The maximum Gasteiger partial charge on any atom is 0.490 e. The molecule has 216 valence electrons. The first-order chi connectivity index (χ1) is 18.1. The van der Waals surface area contributed by atoms with Crippen LogP contribution in [0.4, 0.5) is 26.3 Å². The Balaban J connectivity index is 0.000000317. The zero-order valence-electron chi connectivity index (χ0n) is 20.7. The van der Waals surface area contributed by atoms with Crippen molar-refractivity contribution >= 4 is 17.8 Å². The van der Waals surface area contributed by atoms with Crippen LogP contribution in [0.5, 0.6) is 0 Å². The fourth-order valence-corrected chi connectivity index (χ4v) is 3.72. The maximum absolute atomic E-state index is 12.6. The fraction of sp³-hybridized carbons (Fsp3) is 0.522. The molecule has 2 N–H and O–H groups in total. The third kappa shape index (κ3) is 10.9. The number of halogens is 6. The number of hydrogen-bond acceptors (Lipinski definition) is 6. The molecular weight excluding hydrogens is 540 g/mol. The van der Waals surface area contributed by atoms with Gasteiger partial charge in [0.2, 0.25) is 5.91 Å². The number of imidazole rings is 1. The van der Waals surface area contributed by atoms with E-state index in [-0.39, 0.29) is 5.92 Å². The SMILES string of the molecule is CN(Cc1cccnc1)CC1CN(C(=O)C2CC2)Cc2nccn2C1.O=C(O)C(F)(F)F.O=C(O)C(F)(F)F. The second-order valence-corrected chi connectivity index (χ2v) is 9.02. The monoisotopic (exact) mass is 567 g/mol. The van der Waals surface area contributed by atoms with Crippen LogP contribution >= 0.6 is 0 Å². The standard InChI is InChI=1S/C19H25N5O.2C2HF3O2/c1-22(10-15-3-2-6-20-9-15)11-16-12-23-8-7-21-18(23)14-24(13-16)19(25)17-4-5-17;2*3-2(4,5)1(6)7/h2-3,6-9,16-17H,4-5,10-14H2,1H3;2*(H,6,7). The number of rotatable bonds is 5. The zero-order valence-corrected chi connectivity index (χ0v) is 20.7. The Hall–Kier alpha value is -3.69. The van der Waals surface area contributed by atoms with Gasteiger partial charge in [0, 0.05) is 62.8 Å². The summed E-state index contributed by atoms with van der Waals surface area (Å²) in [7, 11) is 2.14. The Morgan fingerprint density at radius 3 is 2.10 bits per heavy atom. The van der Waals surface area contributed by atoms with Gasteiger partial charge in [-0.25, -0.2) is 14.6 Å². The average molecular weight is 567 g/mol. The number of carbonyl (C=O) groups is 3. The highest BCUT2D eigenvalue weighted by atomic mass is 19.4. The molecule has 10 nitrogen and oxygen atoms in total. The van der Waals surface area contributed by atoms with Crippen LogP contribution in [0.15, 0.2) is 36.9 Å². The van der Waals surface area contributed by atoms with Crippen LogP contribution in [0.3, 0.4) is 0 Å². The normalized spacial score (nSPS) is 17.1. The number of carbonyl (C=O) groups excluding carboxylic acids is 1. The largest absolute Gasteiger partial charge is 0.490 e. The molecule has 2 aliphatic rings. The smallest absolute Gasteiger partial charge is 0.475 e. The summed E-state index contributed by atoms with van der Waals surface area (Å²) in [6.07, 6.45) is -0.465. The average Bonchev–Trinajstić information content (AvgIpc) is 3.62. The molecule has 3 heterocycles. The molecule has 0 radical (unpaired) electrons. The third-order valence-corrected chi connectivity index (χ3v) is 5.54. The molecule has 1 atom stereocenters. The van der Waals surface area contributed by atoms with Crippen LogP contribution in [0.25, 0.3) is 0 Å². The second-order valence-electron chi connectivity index (χ2n) is 9.02. The minimum Gasteiger partial charge on any atom is -0.475 e. The number of pyridine rings is 1. The Morgan fingerprint density at radius 2 is 1.62 bits per heavy atom. The van der Waals surface area contributed by atoms with E-state index in [2.05, 4.69) is 32.5 Å². The number of nitrogens with zero attached hydrogens (tertiary/aromatic N) is 5. The lowest BCUT2D eigenvalue weighted by atomic mass is 10.1. The van der Waals surface area contributed by atoms with Crippen LogP contribution in [0.1, 0.15) is 24.2 Å². The summed E-state index contributed by atoms with van der Waals surface area (Å²) in [5.74, 6) is -3.53. The Kier molecular flexibility index (Phi) is 10.8. The molecule has 1 saturated carbocycles. The molecule has 4 rings (SSSR count). The molecule has 1 aliphatic heterocycles. The van der Waals surface area contributed by atoms with E-state index >= 15 is 0 Å². The van der Waals surface area contributed by atoms with Gasteiger partial charge in [0.05, 0.1) is 6.54 Å². The van der Waals surface area contributed by atoms with Crippen molar-refractivity contribution in [2.75, 3.05) is 20.1 Å². The predicted molar refractivity (Wildman–Crippen MR) is 122 cm³/mol. The van der Waals surface area contributed by atoms with E-state index in [1.54, 1.807) is 6.20 Å². The highest BCUT2D eigenvalue weighted by Gasteiger charge is 2.39. The van der Waals surface area contributed by atoms with Crippen molar-refractivity contribution in [2.24, 2.45) is 11.8 Å². The van der Waals surface area contributed by atoms with Gasteiger partial charge < -0.3 is 24.6 Å². The maximum atomic E-state index is 12.6. The topological polar surface area (TPSA) is 129 Å². The van der Waals surface area contributed by atoms with E-state index in [0.29, 0.717) is 18.4 Å². The highest BCUT2D eigenvalue weighted by molar-refractivity contribution is 5.81. The van der Waals surface area contributed by atoms with Crippen LogP contribution in [0, 0.1) is 11.8 Å². The van der Waals surface area contributed by atoms with Gasteiger partial charge in [0.25, 0.3) is 0 Å². The third-order valence-electron chi connectivity index (χ3n) is 5.54. The lowest BCUT2D eigenvalue weighted by Gasteiger charge is -2.27. The fourth-order valence-electron chi connectivity index (χ4n) is 3.72. The molecule has 1 fully saturated rings. The van der Waals surface area contributed by atoms with Crippen molar-refractivity contribution in [2.45, 2.75) is 44.8 Å². The van der Waals surface area contributed by atoms with E-state index in [1.807, 2.05) is 29.6 Å². The molecular formula is C23H27F6N5O5. The van der Waals surface area contributed by atoms with Crippen LogP contribution in [0.2, 0.25) is 0 Å². The predicted octanol–water partition coefficient (Wildman–Crippen LogP) is 3.05. The van der Waals surface area contributed by atoms with E-state index in [0.717, 1.165) is 44.8 Å². The lowest BCUT2D eigenvalue weighted by molar-refractivity contribution is -0.193.